The number of carboxylic acid groups (broad SMARTS) is 1. The second-order valence-electron chi connectivity index (χ2n) is 11.2. The highest BCUT2D eigenvalue weighted by molar-refractivity contribution is 7.98. The van der Waals surface area contributed by atoms with E-state index < -0.39 is 35.5 Å². The van der Waals surface area contributed by atoms with Gasteiger partial charge < -0.3 is 24.6 Å². The summed E-state index contributed by atoms with van der Waals surface area (Å²) >= 11 is 1.41. The molecule has 1 unspecified atom stereocenters. The molecule has 2 atom stereocenters. The first-order valence-corrected chi connectivity index (χ1v) is 16.4. The summed E-state index contributed by atoms with van der Waals surface area (Å²) in [5, 5.41) is 16.7. The molecule has 9 nitrogen and oxygen atoms in total. The fourth-order valence-electron chi connectivity index (χ4n) is 5.42. The van der Waals surface area contributed by atoms with Crippen LogP contribution in [0.4, 0.5) is 0 Å². The van der Waals surface area contributed by atoms with E-state index in [1.54, 1.807) is 12.3 Å². The average Bonchev–Trinajstić information content (AvgIpc) is 3.46. The van der Waals surface area contributed by atoms with Crippen LogP contribution in [0.25, 0.3) is 33.1 Å². The maximum absolute atomic E-state index is 13.1. The minimum absolute atomic E-state index is 0.0525. The van der Waals surface area contributed by atoms with E-state index >= 15 is 0 Å². The molecule has 2 amide bonds. The van der Waals surface area contributed by atoms with E-state index in [0.29, 0.717) is 40.9 Å². The maximum Gasteiger partial charge on any atom is 0.339 e. The predicted octanol–water partition coefficient (Wildman–Crippen LogP) is 6.23. The van der Waals surface area contributed by atoms with E-state index in [9.17, 15) is 24.3 Å². The largest absolute Gasteiger partial charge is 0.480 e. The van der Waals surface area contributed by atoms with Crippen LogP contribution in [0.3, 0.4) is 0 Å². The smallest absolute Gasteiger partial charge is 0.339 e. The molecule has 2 heterocycles. The van der Waals surface area contributed by atoms with Crippen LogP contribution in [-0.4, -0.2) is 40.7 Å². The highest BCUT2D eigenvalue weighted by atomic mass is 32.2. The molecule has 0 aliphatic carbocycles. The van der Waals surface area contributed by atoms with Crippen molar-refractivity contribution >= 4 is 51.5 Å². The second kappa shape index (κ2) is 15.0. The minimum atomic E-state index is -1.14. The molecule has 0 radical (unpaired) electrons. The summed E-state index contributed by atoms with van der Waals surface area (Å²) < 4.78 is 11.4. The first-order valence-electron chi connectivity index (χ1n) is 15.2. The van der Waals surface area contributed by atoms with Gasteiger partial charge in [-0.1, -0.05) is 74.0 Å². The Bertz CT molecular complexity index is 1900. The number of hydrogen-bond donors (Lipinski definition) is 3. The van der Waals surface area contributed by atoms with Crippen LogP contribution in [0.1, 0.15) is 42.9 Å². The lowest BCUT2D eigenvalue weighted by atomic mass is 9.99. The molecule has 5 rings (SSSR count). The number of rotatable bonds is 14. The van der Waals surface area contributed by atoms with Gasteiger partial charge >= 0.3 is 11.6 Å². The summed E-state index contributed by atoms with van der Waals surface area (Å²) in [6, 6.07) is 21.1. The molecular formula is C36H36N2O7S. The minimum Gasteiger partial charge on any atom is -0.480 e. The summed E-state index contributed by atoms with van der Waals surface area (Å²) in [5.41, 5.74) is 4.52. The zero-order valence-electron chi connectivity index (χ0n) is 25.7. The number of carbonyl (C=O) groups excluding carboxylic acids is 2. The molecule has 46 heavy (non-hydrogen) atoms. The third-order valence-corrected chi connectivity index (χ3v) is 9.01. The summed E-state index contributed by atoms with van der Waals surface area (Å²) in [5.74, 6) is -1.33. The van der Waals surface area contributed by atoms with Gasteiger partial charge in [0.15, 0.2) is 0 Å². The van der Waals surface area contributed by atoms with Crippen molar-refractivity contribution in [1.29, 1.82) is 0 Å². The number of aliphatic carboxylic acids is 1. The zero-order chi connectivity index (χ0) is 32.6. The molecule has 10 heteroatoms. The van der Waals surface area contributed by atoms with Crippen molar-refractivity contribution in [2.75, 3.05) is 5.75 Å². The van der Waals surface area contributed by atoms with Gasteiger partial charge in [0.25, 0.3) is 0 Å². The standard InChI is InChI=1S/C36H36N2O7S/c1-3-10-29(34(40)38-30(35(41)42)21-46-20-23-11-6-4-7-12-23)37-33(39)16-15-25-22(2)26-17-27-28(24-13-8-5-9-14-24)19-44-31(27)18-32(26)45-36(25)43/h4-9,11-14,17-19,29-30H,3,10,15-16,20-21H2,1-2H3,(H,37,39)(H,38,40)(H,41,42)/t29?,30-/m1/s1. The van der Waals surface area contributed by atoms with Crippen molar-refractivity contribution in [2.45, 2.75) is 57.4 Å². The molecule has 3 aromatic carbocycles. The molecule has 0 aliphatic rings. The normalized spacial score (nSPS) is 12.6. The van der Waals surface area contributed by atoms with E-state index in [1.807, 2.05) is 80.6 Å². The molecule has 2 aromatic heterocycles. The summed E-state index contributed by atoms with van der Waals surface area (Å²) in [4.78, 5) is 51.0. The fourth-order valence-corrected chi connectivity index (χ4v) is 6.43. The molecule has 0 spiro atoms. The second-order valence-corrected chi connectivity index (χ2v) is 12.2. The van der Waals surface area contributed by atoms with Gasteiger partial charge in [-0.3, -0.25) is 9.59 Å². The maximum atomic E-state index is 13.1. The van der Waals surface area contributed by atoms with Gasteiger partial charge in [-0.05, 0) is 42.5 Å². The molecule has 0 aliphatic heterocycles. The molecule has 3 N–H and O–H groups in total. The summed E-state index contributed by atoms with van der Waals surface area (Å²) in [7, 11) is 0. The number of fused-ring (bicyclic) bond motifs is 2. The lowest BCUT2D eigenvalue weighted by Gasteiger charge is -2.21. The van der Waals surface area contributed by atoms with E-state index in [4.69, 9.17) is 8.83 Å². The van der Waals surface area contributed by atoms with Crippen molar-refractivity contribution in [3.8, 4) is 11.1 Å². The summed E-state index contributed by atoms with van der Waals surface area (Å²) in [6.07, 6.45) is 2.67. The number of carboxylic acids is 1. The van der Waals surface area contributed by atoms with Crippen molar-refractivity contribution in [1.82, 2.24) is 10.6 Å². The number of thioether (sulfide) groups is 1. The molecular weight excluding hydrogens is 604 g/mol. The molecule has 0 bridgehead atoms. The average molecular weight is 641 g/mol. The van der Waals surface area contributed by atoms with Gasteiger partial charge in [-0.2, -0.15) is 11.8 Å². The van der Waals surface area contributed by atoms with Crippen LogP contribution >= 0.6 is 11.8 Å². The van der Waals surface area contributed by atoms with Crippen LogP contribution in [0.2, 0.25) is 0 Å². The molecule has 5 aromatic rings. The third kappa shape index (κ3) is 7.69. The van der Waals surface area contributed by atoms with Crippen molar-refractivity contribution in [3.05, 3.63) is 106 Å². The van der Waals surface area contributed by atoms with E-state index in [1.165, 1.54) is 11.8 Å². The van der Waals surface area contributed by atoms with Gasteiger partial charge in [0.2, 0.25) is 11.8 Å². The van der Waals surface area contributed by atoms with Gasteiger partial charge in [0.1, 0.15) is 23.2 Å². The number of aryl methyl sites for hydroxylation is 1. The Labute approximate surface area is 270 Å². The van der Waals surface area contributed by atoms with Crippen molar-refractivity contribution in [2.24, 2.45) is 0 Å². The highest BCUT2D eigenvalue weighted by Crippen LogP contribution is 2.34. The van der Waals surface area contributed by atoms with Crippen LogP contribution < -0.4 is 16.3 Å². The first-order chi connectivity index (χ1) is 22.2. The van der Waals surface area contributed by atoms with E-state index in [0.717, 1.165) is 27.5 Å². The quantitative estimate of drug-likeness (QED) is 0.121. The monoisotopic (exact) mass is 640 g/mol. The van der Waals surface area contributed by atoms with Crippen LogP contribution in [-0.2, 0) is 26.6 Å². The Morgan fingerprint density at radius 2 is 1.63 bits per heavy atom. The van der Waals surface area contributed by atoms with E-state index in [2.05, 4.69) is 10.6 Å². The Balaban J connectivity index is 1.25. The van der Waals surface area contributed by atoms with E-state index in [-0.39, 0.29) is 18.6 Å². The lowest BCUT2D eigenvalue weighted by molar-refractivity contribution is -0.141. The fraction of sp³-hybridized carbons (Fsp3) is 0.278. The predicted molar refractivity (Wildman–Crippen MR) is 180 cm³/mol. The highest BCUT2D eigenvalue weighted by Gasteiger charge is 2.26. The van der Waals surface area contributed by atoms with Crippen LogP contribution in [0.15, 0.2) is 92.7 Å². The number of amides is 2. The number of benzene rings is 3. The topological polar surface area (TPSA) is 139 Å². The molecule has 238 valence electrons. The van der Waals surface area contributed by atoms with Crippen molar-refractivity contribution in [3.63, 3.8) is 0 Å². The number of hydrogen-bond acceptors (Lipinski definition) is 7. The Kier molecular flexibility index (Phi) is 10.6. The van der Waals surface area contributed by atoms with Crippen LogP contribution in [0, 0.1) is 6.92 Å². The Morgan fingerprint density at radius 1 is 0.913 bits per heavy atom. The molecule has 0 saturated heterocycles. The molecule has 0 saturated carbocycles. The van der Waals surface area contributed by atoms with Gasteiger partial charge in [-0.15, -0.1) is 0 Å². The first kappa shape index (κ1) is 32.6. The Morgan fingerprint density at radius 3 is 2.33 bits per heavy atom. The number of furan rings is 1. The third-order valence-electron chi connectivity index (χ3n) is 7.91. The summed E-state index contributed by atoms with van der Waals surface area (Å²) in [6.45, 7) is 3.70. The SMILES string of the molecule is CCCC(NC(=O)CCc1c(C)c2cc3c(-c4ccccc4)coc3cc2oc1=O)C(=O)N[C@H](CSCc1ccccc1)C(=O)O. The van der Waals surface area contributed by atoms with Gasteiger partial charge in [-0.25, -0.2) is 9.59 Å². The molecule has 0 fully saturated rings. The van der Waals surface area contributed by atoms with Crippen LogP contribution in [0.5, 0.6) is 0 Å². The Hall–Kier alpha value is -4.83. The van der Waals surface area contributed by atoms with Crippen molar-refractivity contribution < 1.29 is 28.3 Å². The zero-order valence-corrected chi connectivity index (χ0v) is 26.5. The lowest BCUT2D eigenvalue weighted by Crippen LogP contribution is -2.52. The number of carbonyl (C=O) groups is 3. The van der Waals surface area contributed by atoms with Gasteiger partial charge in [0, 0.05) is 45.9 Å². The van der Waals surface area contributed by atoms with Gasteiger partial charge in [0.05, 0.1) is 6.26 Å². The number of nitrogens with one attached hydrogen (secondary N) is 2.